The summed E-state index contributed by atoms with van der Waals surface area (Å²) in [6.07, 6.45) is 0. The van der Waals surface area contributed by atoms with Gasteiger partial charge in [-0.15, -0.1) is 0 Å². The Bertz CT molecular complexity index is 1210. The molecule has 0 spiro atoms. The lowest BCUT2D eigenvalue weighted by atomic mass is 10.1. The Balaban J connectivity index is 1.99. The fraction of sp³-hybridized carbons (Fsp3) is 0.464. The third-order valence-corrected chi connectivity index (χ3v) is 12.8. The van der Waals surface area contributed by atoms with Crippen molar-refractivity contribution in [2.45, 2.75) is 78.1 Å². The summed E-state index contributed by atoms with van der Waals surface area (Å²) >= 11 is 0. The number of anilines is 1. The molecule has 37 heavy (non-hydrogen) atoms. The first-order chi connectivity index (χ1) is 17.5. The molecule has 0 radical (unpaired) electrons. The molecule has 1 atom stereocenters. The van der Waals surface area contributed by atoms with E-state index in [9.17, 15) is 5.26 Å². The second-order valence-corrected chi connectivity index (χ2v) is 15.5. The van der Waals surface area contributed by atoms with Crippen LogP contribution in [0.5, 0.6) is 11.5 Å². The number of nitriles is 1. The van der Waals surface area contributed by atoms with Gasteiger partial charge in [-0.05, 0) is 53.9 Å². The number of ether oxygens (including phenoxy) is 1. The zero-order valence-electron chi connectivity index (χ0n) is 22.9. The van der Waals surface area contributed by atoms with Crippen molar-refractivity contribution in [3.8, 4) is 29.0 Å². The van der Waals surface area contributed by atoms with Crippen LogP contribution in [-0.2, 0) is 0 Å². The molecule has 1 heterocycles. The Labute approximate surface area is 220 Å². The van der Waals surface area contributed by atoms with Crippen LogP contribution < -0.4 is 14.5 Å². The van der Waals surface area contributed by atoms with Crippen molar-refractivity contribution in [3.63, 3.8) is 0 Å². The van der Waals surface area contributed by atoms with Crippen LogP contribution in [0, 0.1) is 24.1 Å². The van der Waals surface area contributed by atoms with E-state index in [-0.39, 0.29) is 27.9 Å². The van der Waals surface area contributed by atoms with E-state index in [2.05, 4.69) is 63.1 Å². The van der Waals surface area contributed by atoms with Gasteiger partial charge in [0, 0.05) is 29.8 Å². The van der Waals surface area contributed by atoms with Crippen molar-refractivity contribution >= 4 is 14.0 Å². The molecule has 3 rings (SSSR count). The minimum absolute atomic E-state index is 0.147. The topological polar surface area (TPSA) is 93.2 Å². The van der Waals surface area contributed by atoms with Crippen LogP contribution in [0.3, 0.4) is 0 Å². The lowest BCUT2D eigenvalue weighted by molar-refractivity contribution is 0.336. The summed E-state index contributed by atoms with van der Waals surface area (Å²) in [4.78, 5) is 4.23. The number of rotatable bonds is 11. The van der Waals surface area contributed by atoms with E-state index in [1.807, 2.05) is 19.1 Å². The highest BCUT2D eigenvalue weighted by molar-refractivity contribution is 6.78. The Kier molecular flexibility index (Phi) is 8.97. The Morgan fingerprint density at radius 3 is 2.16 bits per heavy atom. The molecule has 0 aliphatic heterocycles. The summed E-state index contributed by atoms with van der Waals surface area (Å²) < 4.78 is 33.5. The van der Waals surface area contributed by atoms with E-state index < -0.39 is 20.2 Å². The summed E-state index contributed by atoms with van der Waals surface area (Å²) in [6, 6.07) is 11.6. The van der Waals surface area contributed by atoms with Crippen LogP contribution in [0.15, 0.2) is 40.9 Å². The molecule has 0 saturated carbocycles. The van der Waals surface area contributed by atoms with E-state index in [1.165, 1.54) is 0 Å². The molecule has 0 aliphatic rings. The lowest BCUT2D eigenvalue weighted by Gasteiger charge is -2.42. The Hall–Kier alpha value is -3.38. The first-order valence-corrected chi connectivity index (χ1v) is 14.9. The fourth-order valence-corrected chi connectivity index (χ4v) is 10.4. The van der Waals surface area contributed by atoms with E-state index >= 15 is 4.39 Å². The third kappa shape index (κ3) is 5.96. The number of benzene rings is 2. The average Bonchev–Trinajstić information content (AvgIpc) is 3.28. The molecule has 3 aromatic rings. The summed E-state index contributed by atoms with van der Waals surface area (Å²) in [6.45, 7) is 16.9. The molecule has 2 aromatic carbocycles. The summed E-state index contributed by atoms with van der Waals surface area (Å²) in [7, 11) is -2.44. The maximum atomic E-state index is 16.1. The van der Waals surface area contributed by atoms with Crippen molar-refractivity contribution in [2.75, 3.05) is 11.9 Å². The van der Waals surface area contributed by atoms with E-state index in [0.717, 1.165) is 5.56 Å². The van der Waals surface area contributed by atoms with Gasteiger partial charge in [-0.25, -0.2) is 4.39 Å². The number of aromatic nitrogens is 2. The smallest absolute Gasteiger partial charge is 0.258 e. The molecule has 0 bridgehead atoms. The van der Waals surface area contributed by atoms with Gasteiger partial charge in [0.05, 0.1) is 12.7 Å². The number of nitrogens with zero attached hydrogens (tertiary/aromatic N) is 3. The first-order valence-electron chi connectivity index (χ1n) is 12.8. The number of hydrogen-bond donors (Lipinski definition) is 1. The highest BCUT2D eigenvalue weighted by Gasteiger charge is 2.47. The van der Waals surface area contributed by atoms with Crippen LogP contribution in [0.4, 0.5) is 10.1 Å². The second kappa shape index (κ2) is 11.8. The van der Waals surface area contributed by atoms with Crippen molar-refractivity contribution in [1.82, 2.24) is 10.1 Å². The van der Waals surface area contributed by atoms with E-state index in [0.29, 0.717) is 29.8 Å². The largest absolute Gasteiger partial charge is 0.541 e. The molecule has 1 aromatic heterocycles. The third-order valence-electron chi connectivity index (χ3n) is 6.77. The standard InChI is InChI=1S/C28H37FN4O3Si/c1-9-34-23-14-24(27(29)26(15-23)36-37(17(2)3,18(4)5)19(6)7)25(16-30)32-22-12-10-21(11-13-22)28-31-20(8)35-33-28/h10-15,17-19,25,32H,9H2,1-8H3. The second-order valence-electron chi connectivity index (χ2n) is 10.1. The number of hydrogen-bond acceptors (Lipinski definition) is 7. The molecule has 0 aliphatic carbocycles. The zero-order chi connectivity index (χ0) is 27.3. The summed E-state index contributed by atoms with van der Waals surface area (Å²) in [5.41, 5.74) is 2.39. The summed E-state index contributed by atoms with van der Waals surface area (Å²) in [5, 5.41) is 17.1. The monoisotopic (exact) mass is 524 g/mol. The van der Waals surface area contributed by atoms with Gasteiger partial charge in [-0.2, -0.15) is 10.2 Å². The molecule has 1 N–H and O–H groups in total. The van der Waals surface area contributed by atoms with Crippen molar-refractivity contribution in [1.29, 1.82) is 5.26 Å². The summed E-state index contributed by atoms with van der Waals surface area (Å²) in [5.74, 6) is 1.03. The fourth-order valence-electron chi connectivity index (χ4n) is 5.15. The van der Waals surface area contributed by atoms with Gasteiger partial charge in [0.2, 0.25) is 11.7 Å². The van der Waals surface area contributed by atoms with Crippen molar-refractivity contribution < 1.29 is 18.1 Å². The number of nitrogens with one attached hydrogen (secondary N) is 1. The Morgan fingerprint density at radius 1 is 1.05 bits per heavy atom. The highest BCUT2D eigenvalue weighted by atomic mass is 28.4. The zero-order valence-corrected chi connectivity index (χ0v) is 23.9. The maximum absolute atomic E-state index is 16.1. The van der Waals surface area contributed by atoms with Crippen LogP contribution in [0.1, 0.15) is 66.0 Å². The lowest BCUT2D eigenvalue weighted by Crippen LogP contribution is -2.51. The molecule has 0 amide bonds. The Morgan fingerprint density at radius 2 is 1.68 bits per heavy atom. The molecular weight excluding hydrogens is 487 g/mol. The van der Waals surface area contributed by atoms with E-state index in [4.69, 9.17) is 13.7 Å². The van der Waals surface area contributed by atoms with Crippen LogP contribution in [-0.4, -0.2) is 25.1 Å². The van der Waals surface area contributed by atoms with Crippen molar-refractivity contribution in [3.05, 3.63) is 53.7 Å². The predicted molar refractivity (Wildman–Crippen MR) is 146 cm³/mol. The van der Waals surface area contributed by atoms with Crippen LogP contribution in [0.25, 0.3) is 11.4 Å². The molecular formula is C28H37FN4O3Si. The van der Waals surface area contributed by atoms with Gasteiger partial charge < -0.3 is 19.0 Å². The SMILES string of the molecule is CCOc1cc(O[Si](C(C)C)(C(C)C)C(C)C)c(F)c(C(C#N)Nc2ccc(-c3noc(C)n3)cc2)c1. The van der Waals surface area contributed by atoms with Gasteiger partial charge in [-0.3, -0.25) is 0 Å². The molecule has 0 fully saturated rings. The highest BCUT2D eigenvalue weighted by Crippen LogP contribution is 2.44. The quantitative estimate of drug-likeness (QED) is 0.256. The van der Waals surface area contributed by atoms with Gasteiger partial charge in [0.1, 0.15) is 17.5 Å². The molecule has 7 nitrogen and oxygen atoms in total. The van der Waals surface area contributed by atoms with Gasteiger partial charge in [0.15, 0.2) is 5.82 Å². The van der Waals surface area contributed by atoms with Crippen LogP contribution in [0.2, 0.25) is 16.6 Å². The molecule has 0 saturated heterocycles. The van der Waals surface area contributed by atoms with Gasteiger partial charge in [-0.1, -0.05) is 46.7 Å². The molecule has 1 unspecified atom stereocenters. The first kappa shape index (κ1) is 28.2. The van der Waals surface area contributed by atoms with E-state index in [1.54, 1.807) is 31.2 Å². The van der Waals surface area contributed by atoms with Crippen molar-refractivity contribution in [2.24, 2.45) is 0 Å². The average molecular weight is 525 g/mol. The number of aryl methyl sites for hydroxylation is 1. The molecule has 198 valence electrons. The minimum atomic E-state index is -2.44. The predicted octanol–water partition coefficient (Wildman–Crippen LogP) is 7.81. The maximum Gasteiger partial charge on any atom is 0.258 e. The van der Waals surface area contributed by atoms with Gasteiger partial charge in [0.25, 0.3) is 8.32 Å². The number of halogens is 1. The van der Waals surface area contributed by atoms with Crippen LogP contribution >= 0.6 is 0 Å². The van der Waals surface area contributed by atoms with Gasteiger partial charge >= 0.3 is 0 Å². The molecule has 9 heteroatoms. The minimum Gasteiger partial charge on any atom is -0.541 e. The normalized spacial score (nSPS) is 12.6.